The monoisotopic (exact) mass is 404 g/mol. The molecule has 1 amide bonds. The summed E-state index contributed by atoms with van der Waals surface area (Å²) in [5, 5.41) is 3.86. The molecule has 0 saturated heterocycles. The number of carbonyl (C=O) groups is 1. The molecule has 0 aliphatic rings. The Hall–Kier alpha value is -3.25. The van der Waals surface area contributed by atoms with Crippen LogP contribution in [0.1, 0.15) is 11.1 Å². The summed E-state index contributed by atoms with van der Waals surface area (Å²) in [6.07, 6.45) is 5.52. The molecule has 29 heavy (non-hydrogen) atoms. The summed E-state index contributed by atoms with van der Waals surface area (Å²) in [6.45, 7) is 0. The fourth-order valence-corrected chi connectivity index (χ4v) is 3.82. The first-order chi connectivity index (χ1) is 14.2. The Kier molecular flexibility index (Phi) is 5.81. The predicted octanol–water partition coefficient (Wildman–Crippen LogP) is 5.31. The quantitative estimate of drug-likeness (QED) is 0.423. The number of rotatable bonds is 7. The molecule has 5 nitrogen and oxygen atoms in total. The molecule has 4 aromatic rings. The zero-order valence-corrected chi connectivity index (χ0v) is 16.7. The molecule has 0 radical (unpaired) electrons. The topological polar surface area (TPSA) is 64.4 Å². The Bertz CT molecular complexity index is 1110. The van der Waals surface area contributed by atoms with Crippen LogP contribution < -0.4 is 10.1 Å². The average Bonchev–Trinajstić information content (AvgIpc) is 3.15. The number of methoxy groups -OCH3 is 1. The van der Waals surface area contributed by atoms with Crippen LogP contribution in [-0.4, -0.2) is 18.0 Å². The second-order valence-electron chi connectivity index (χ2n) is 6.52. The first-order valence-electron chi connectivity index (χ1n) is 9.17. The molecule has 2 aromatic heterocycles. The minimum atomic E-state index is -0.0840. The molecule has 146 valence electrons. The lowest BCUT2D eigenvalue weighted by Crippen LogP contribution is -2.14. The highest BCUT2D eigenvalue weighted by Gasteiger charge is 2.11. The Morgan fingerprint density at radius 1 is 1.17 bits per heavy atom. The second-order valence-corrected chi connectivity index (χ2v) is 7.57. The van der Waals surface area contributed by atoms with Gasteiger partial charge in [-0.1, -0.05) is 6.07 Å². The third-order valence-corrected chi connectivity index (χ3v) is 5.56. The second kappa shape index (κ2) is 8.84. The van der Waals surface area contributed by atoms with Gasteiger partial charge in [0.1, 0.15) is 11.3 Å². The van der Waals surface area contributed by atoms with Crippen molar-refractivity contribution in [3.8, 4) is 5.75 Å². The van der Waals surface area contributed by atoms with Gasteiger partial charge in [0, 0.05) is 45.7 Å². The average molecular weight is 404 g/mol. The van der Waals surface area contributed by atoms with Crippen molar-refractivity contribution in [2.24, 2.45) is 0 Å². The lowest BCUT2D eigenvalue weighted by molar-refractivity contribution is -0.115. The first kappa shape index (κ1) is 19.1. The minimum absolute atomic E-state index is 0.0840. The van der Waals surface area contributed by atoms with Gasteiger partial charge in [0.05, 0.1) is 19.8 Å². The number of thioether (sulfide) groups is 1. The van der Waals surface area contributed by atoms with Gasteiger partial charge in [-0.05, 0) is 48.0 Å². The highest BCUT2D eigenvalue weighted by molar-refractivity contribution is 7.98. The van der Waals surface area contributed by atoms with E-state index in [0.29, 0.717) is 5.58 Å². The molecule has 0 unspecified atom stereocenters. The number of hydrogen-bond acceptors (Lipinski definition) is 5. The Labute approximate surface area is 173 Å². The van der Waals surface area contributed by atoms with E-state index in [4.69, 9.17) is 9.15 Å². The van der Waals surface area contributed by atoms with E-state index in [9.17, 15) is 4.79 Å². The van der Waals surface area contributed by atoms with Crippen LogP contribution in [0.5, 0.6) is 5.75 Å². The first-order valence-corrected chi connectivity index (χ1v) is 10.2. The van der Waals surface area contributed by atoms with Crippen LogP contribution in [0, 0.1) is 0 Å². The van der Waals surface area contributed by atoms with Crippen LogP contribution in [0.15, 0.2) is 82.6 Å². The predicted molar refractivity (Wildman–Crippen MR) is 115 cm³/mol. The molecule has 0 fully saturated rings. The van der Waals surface area contributed by atoms with Gasteiger partial charge in [0.25, 0.3) is 0 Å². The van der Waals surface area contributed by atoms with Crippen molar-refractivity contribution >= 4 is 34.3 Å². The molecule has 4 rings (SSSR count). The van der Waals surface area contributed by atoms with Crippen molar-refractivity contribution in [2.45, 2.75) is 17.1 Å². The molecule has 0 bridgehead atoms. The van der Waals surface area contributed by atoms with Gasteiger partial charge in [-0.2, -0.15) is 0 Å². The van der Waals surface area contributed by atoms with Gasteiger partial charge < -0.3 is 14.5 Å². The summed E-state index contributed by atoms with van der Waals surface area (Å²) in [7, 11) is 1.61. The summed E-state index contributed by atoms with van der Waals surface area (Å²) >= 11 is 1.73. The number of ether oxygens (including phenoxy) is 1. The highest BCUT2D eigenvalue weighted by Crippen LogP contribution is 2.27. The van der Waals surface area contributed by atoms with Gasteiger partial charge in [0.15, 0.2) is 0 Å². The van der Waals surface area contributed by atoms with E-state index in [1.165, 1.54) is 5.56 Å². The molecule has 0 atom stereocenters. The van der Waals surface area contributed by atoms with Crippen LogP contribution in [-0.2, 0) is 17.0 Å². The third kappa shape index (κ3) is 4.78. The van der Waals surface area contributed by atoms with E-state index in [2.05, 4.69) is 16.4 Å². The number of amides is 1. The highest BCUT2D eigenvalue weighted by atomic mass is 32.2. The molecule has 0 saturated carbocycles. The summed E-state index contributed by atoms with van der Waals surface area (Å²) in [6, 6.07) is 17.4. The largest absolute Gasteiger partial charge is 0.497 e. The Morgan fingerprint density at radius 3 is 2.79 bits per heavy atom. The zero-order valence-electron chi connectivity index (χ0n) is 15.9. The van der Waals surface area contributed by atoms with Crippen molar-refractivity contribution in [1.82, 2.24) is 4.98 Å². The van der Waals surface area contributed by atoms with Crippen molar-refractivity contribution < 1.29 is 13.9 Å². The molecule has 1 N–H and O–H groups in total. The zero-order chi connectivity index (χ0) is 20.1. The number of nitrogens with one attached hydrogen (secondary N) is 1. The maximum atomic E-state index is 12.5. The maximum absolute atomic E-state index is 12.5. The van der Waals surface area contributed by atoms with Gasteiger partial charge in [-0.25, -0.2) is 0 Å². The Balaban J connectivity index is 1.35. The van der Waals surface area contributed by atoms with Gasteiger partial charge >= 0.3 is 0 Å². The molecule has 0 aliphatic heterocycles. The van der Waals surface area contributed by atoms with Crippen molar-refractivity contribution in [2.75, 3.05) is 12.4 Å². The number of furan rings is 1. The molecule has 6 heteroatoms. The van der Waals surface area contributed by atoms with Crippen LogP contribution in [0.4, 0.5) is 5.69 Å². The molecule has 0 aliphatic carbocycles. The number of anilines is 1. The number of pyridine rings is 1. The van der Waals surface area contributed by atoms with Gasteiger partial charge in [-0.15, -0.1) is 11.8 Å². The van der Waals surface area contributed by atoms with E-state index < -0.39 is 0 Å². The van der Waals surface area contributed by atoms with Crippen LogP contribution in [0.25, 0.3) is 11.0 Å². The minimum Gasteiger partial charge on any atom is -0.497 e. The smallest absolute Gasteiger partial charge is 0.228 e. The summed E-state index contributed by atoms with van der Waals surface area (Å²) in [5.41, 5.74) is 3.51. The van der Waals surface area contributed by atoms with Crippen molar-refractivity contribution in [3.63, 3.8) is 0 Å². The standard InChI is InChI=1S/C23H20N2O3S/c1-27-19-6-9-21-17(14-28-22(21)12-19)11-23(26)25-18-4-7-20(8-5-18)29-15-16-3-2-10-24-13-16/h2-10,12-14H,11,15H2,1H3,(H,25,26). The number of hydrogen-bond donors (Lipinski definition) is 1. The SMILES string of the molecule is COc1ccc2c(CC(=O)Nc3ccc(SCc4cccnc4)cc3)coc2c1. The third-order valence-electron chi connectivity index (χ3n) is 4.48. The number of carbonyl (C=O) groups excluding carboxylic acids is 1. The van der Waals surface area contributed by atoms with E-state index >= 15 is 0 Å². The number of fused-ring (bicyclic) bond motifs is 1. The van der Waals surface area contributed by atoms with Gasteiger partial charge in [0.2, 0.25) is 5.91 Å². The Morgan fingerprint density at radius 2 is 2.03 bits per heavy atom. The molecule has 0 spiro atoms. The lowest BCUT2D eigenvalue weighted by Gasteiger charge is -2.06. The van der Waals surface area contributed by atoms with Crippen LogP contribution in [0.2, 0.25) is 0 Å². The molecule has 2 aromatic carbocycles. The fraction of sp³-hybridized carbons (Fsp3) is 0.130. The summed E-state index contributed by atoms with van der Waals surface area (Å²) in [4.78, 5) is 17.7. The normalized spacial score (nSPS) is 10.8. The summed E-state index contributed by atoms with van der Waals surface area (Å²) in [5.74, 6) is 1.50. The van der Waals surface area contributed by atoms with Crippen LogP contribution in [0.3, 0.4) is 0 Å². The number of benzene rings is 2. The van der Waals surface area contributed by atoms with Crippen molar-refractivity contribution in [1.29, 1.82) is 0 Å². The van der Waals surface area contributed by atoms with Crippen LogP contribution >= 0.6 is 11.8 Å². The van der Waals surface area contributed by atoms with Gasteiger partial charge in [-0.3, -0.25) is 9.78 Å². The lowest BCUT2D eigenvalue weighted by atomic mass is 10.1. The molecule has 2 heterocycles. The maximum Gasteiger partial charge on any atom is 0.228 e. The molecular formula is C23H20N2O3S. The van der Waals surface area contributed by atoms with E-state index in [1.807, 2.05) is 54.7 Å². The number of nitrogens with zero attached hydrogens (tertiary/aromatic N) is 1. The fourth-order valence-electron chi connectivity index (χ4n) is 2.99. The van der Waals surface area contributed by atoms with E-state index in [1.54, 1.807) is 31.3 Å². The van der Waals surface area contributed by atoms with E-state index in [-0.39, 0.29) is 12.3 Å². The summed E-state index contributed by atoms with van der Waals surface area (Å²) < 4.78 is 10.8. The molecular weight excluding hydrogens is 384 g/mol. The van der Waals surface area contributed by atoms with Crippen molar-refractivity contribution in [3.05, 3.63) is 84.4 Å². The number of aromatic nitrogens is 1. The van der Waals surface area contributed by atoms with E-state index in [0.717, 1.165) is 33.0 Å².